The predicted molar refractivity (Wildman–Crippen MR) is 103 cm³/mol. The summed E-state index contributed by atoms with van der Waals surface area (Å²) >= 11 is 5.66. The molecule has 12 heteroatoms. The lowest BCUT2D eigenvalue weighted by atomic mass is 10.2. The van der Waals surface area contributed by atoms with E-state index >= 15 is 0 Å². The lowest BCUT2D eigenvalue weighted by molar-refractivity contribution is -0.137. The van der Waals surface area contributed by atoms with E-state index in [0.717, 1.165) is 12.2 Å². The largest absolute Gasteiger partial charge is 0.465 e. The summed E-state index contributed by atoms with van der Waals surface area (Å²) in [7, 11) is 0. The molecule has 4 heterocycles. The fraction of sp³-hybridized carbons (Fsp3) is 0.444. The normalized spacial score (nSPS) is 20.7. The molecular weight excluding hydrogens is 425 g/mol. The molecule has 2 aliphatic heterocycles. The van der Waals surface area contributed by atoms with E-state index in [1.165, 1.54) is 4.90 Å². The van der Waals surface area contributed by atoms with Crippen LogP contribution in [-0.4, -0.2) is 56.2 Å². The number of carbonyl (C=O) groups is 1. The van der Waals surface area contributed by atoms with Gasteiger partial charge in [0.25, 0.3) is 0 Å². The van der Waals surface area contributed by atoms with Crippen LogP contribution in [0.1, 0.15) is 24.6 Å². The zero-order chi connectivity index (χ0) is 21.6. The van der Waals surface area contributed by atoms with Gasteiger partial charge >= 0.3 is 12.3 Å². The van der Waals surface area contributed by atoms with Crippen LogP contribution in [0, 0.1) is 0 Å². The van der Waals surface area contributed by atoms with Crippen LogP contribution in [0.2, 0.25) is 5.15 Å². The molecule has 2 bridgehead atoms. The molecule has 0 radical (unpaired) electrons. The molecule has 2 aliphatic rings. The van der Waals surface area contributed by atoms with Crippen LogP contribution >= 0.6 is 11.6 Å². The van der Waals surface area contributed by atoms with Crippen LogP contribution in [0.5, 0.6) is 0 Å². The molecule has 0 saturated carbocycles. The Morgan fingerprint density at radius 1 is 1.30 bits per heavy atom. The highest BCUT2D eigenvalue weighted by atomic mass is 35.5. The maximum atomic E-state index is 12.8. The van der Waals surface area contributed by atoms with Crippen LogP contribution in [0.3, 0.4) is 0 Å². The number of rotatable bonds is 4. The Labute approximate surface area is 174 Å². The molecule has 160 valence electrons. The number of aryl methyl sites for hydroxylation is 1. The summed E-state index contributed by atoms with van der Waals surface area (Å²) in [6.07, 6.45) is -3.56. The van der Waals surface area contributed by atoms with E-state index in [2.05, 4.69) is 25.2 Å². The van der Waals surface area contributed by atoms with Crippen LogP contribution in [-0.2, 0) is 12.6 Å². The Morgan fingerprint density at radius 2 is 2.07 bits per heavy atom. The van der Waals surface area contributed by atoms with Gasteiger partial charge < -0.3 is 20.2 Å². The maximum absolute atomic E-state index is 12.8. The summed E-state index contributed by atoms with van der Waals surface area (Å²) < 4.78 is 38.4. The van der Waals surface area contributed by atoms with Gasteiger partial charge in [0.15, 0.2) is 0 Å². The SMILES string of the molecule is CCc1nc(N2C[C@H]3C[C@@H]2CN3C(=O)O)ccc1Nc1ncc(C(F)(F)F)c(Cl)n1. The molecule has 0 spiro atoms. The molecule has 1 amide bonds. The van der Waals surface area contributed by atoms with Crippen molar-refractivity contribution in [1.82, 2.24) is 19.9 Å². The number of hydrogen-bond acceptors (Lipinski definition) is 6. The van der Waals surface area contributed by atoms with E-state index in [1.54, 1.807) is 12.1 Å². The van der Waals surface area contributed by atoms with Crippen molar-refractivity contribution in [3.63, 3.8) is 0 Å². The number of piperazine rings is 1. The lowest BCUT2D eigenvalue weighted by Gasteiger charge is -2.33. The van der Waals surface area contributed by atoms with Crippen molar-refractivity contribution in [2.75, 3.05) is 23.3 Å². The molecule has 0 aliphatic carbocycles. The van der Waals surface area contributed by atoms with Crippen molar-refractivity contribution in [1.29, 1.82) is 0 Å². The zero-order valence-electron chi connectivity index (χ0n) is 15.8. The Balaban J connectivity index is 1.53. The third kappa shape index (κ3) is 3.69. The minimum Gasteiger partial charge on any atom is -0.465 e. The van der Waals surface area contributed by atoms with Gasteiger partial charge in [-0.3, -0.25) is 0 Å². The third-order valence-corrected chi connectivity index (χ3v) is 5.66. The van der Waals surface area contributed by atoms with Gasteiger partial charge in [-0.25, -0.2) is 19.7 Å². The average Bonchev–Trinajstić information content (AvgIpc) is 3.28. The van der Waals surface area contributed by atoms with E-state index in [9.17, 15) is 23.1 Å². The van der Waals surface area contributed by atoms with E-state index in [-0.39, 0.29) is 18.0 Å². The molecule has 4 rings (SSSR count). The first-order chi connectivity index (χ1) is 14.2. The highest BCUT2D eigenvalue weighted by Crippen LogP contribution is 2.36. The number of carboxylic acid groups (broad SMARTS) is 1. The Morgan fingerprint density at radius 3 is 2.63 bits per heavy atom. The van der Waals surface area contributed by atoms with Crippen LogP contribution in [0.15, 0.2) is 18.3 Å². The maximum Gasteiger partial charge on any atom is 0.420 e. The summed E-state index contributed by atoms with van der Waals surface area (Å²) in [6.45, 7) is 2.93. The number of halogens is 4. The van der Waals surface area contributed by atoms with E-state index < -0.39 is 23.0 Å². The number of aromatic nitrogens is 3. The second-order valence-corrected chi connectivity index (χ2v) is 7.53. The Bertz CT molecular complexity index is 989. The summed E-state index contributed by atoms with van der Waals surface area (Å²) in [5, 5.41) is 11.4. The number of pyridine rings is 1. The monoisotopic (exact) mass is 442 g/mol. The number of hydrogen-bond donors (Lipinski definition) is 2. The molecule has 30 heavy (non-hydrogen) atoms. The first-order valence-corrected chi connectivity index (χ1v) is 9.68. The van der Waals surface area contributed by atoms with Crippen molar-refractivity contribution < 1.29 is 23.1 Å². The number of likely N-dealkylation sites (tertiary alicyclic amines) is 1. The van der Waals surface area contributed by atoms with Crippen LogP contribution < -0.4 is 10.2 Å². The topological polar surface area (TPSA) is 94.5 Å². The third-order valence-electron chi connectivity index (χ3n) is 5.37. The van der Waals surface area contributed by atoms with Crippen molar-refractivity contribution >= 4 is 35.1 Å². The van der Waals surface area contributed by atoms with Crippen LogP contribution in [0.4, 0.5) is 35.4 Å². The minimum atomic E-state index is -4.63. The van der Waals surface area contributed by atoms with Crippen LogP contribution in [0.25, 0.3) is 0 Å². The van der Waals surface area contributed by atoms with E-state index in [1.807, 2.05) is 6.92 Å². The van der Waals surface area contributed by atoms with Gasteiger partial charge in [0.2, 0.25) is 5.95 Å². The molecular formula is C18H18ClF3N6O2. The number of nitrogens with zero attached hydrogens (tertiary/aromatic N) is 5. The molecule has 2 atom stereocenters. The second kappa shape index (κ2) is 7.46. The first-order valence-electron chi connectivity index (χ1n) is 9.30. The molecule has 0 aromatic carbocycles. The smallest absolute Gasteiger partial charge is 0.420 e. The van der Waals surface area contributed by atoms with E-state index in [4.69, 9.17) is 11.6 Å². The number of fused-ring (bicyclic) bond motifs is 2. The highest BCUT2D eigenvalue weighted by molar-refractivity contribution is 6.30. The average molecular weight is 443 g/mol. The second-order valence-electron chi connectivity index (χ2n) is 7.17. The van der Waals surface area contributed by atoms with Gasteiger partial charge in [0.05, 0.1) is 23.5 Å². The zero-order valence-corrected chi connectivity index (χ0v) is 16.6. The van der Waals surface area contributed by atoms with Crippen molar-refractivity contribution in [2.24, 2.45) is 0 Å². The van der Waals surface area contributed by atoms with Gasteiger partial charge in [-0.2, -0.15) is 13.2 Å². The number of alkyl halides is 3. The highest BCUT2D eigenvalue weighted by Gasteiger charge is 2.46. The van der Waals surface area contributed by atoms with Gasteiger partial charge in [0.1, 0.15) is 16.5 Å². The van der Waals surface area contributed by atoms with Crippen molar-refractivity contribution in [3.05, 3.63) is 34.7 Å². The van der Waals surface area contributed by atoms with Gasteiger partial charge in [-0.15, -0.1) is 0 Å². The Kier molecular flexibility index (Phi) is 5.08. The molecule has 2 fully saturated rings. The quantitative estimate of drug-likeness (QED) is 0.695. The molecule has 2 saturated heterocycles. The minimum absolute atomic E-state index is 0.0418. The molecule has 8 nitrogen and oxygen atoms in total. The first kappa shape index (κ1) is 20.5. The summed E-state index contributed by atoms with van der Waals surface area (Å²) in [4.78, 5) is 26.9. The van der Waals surface area contributed by atoms with Crippen molar-refractivity contribution in [2.45, 2.75) is 38.0 Å². The van der Waals surface area contributed by atoms with Crippen molar-refractivity contribution in [3.8, 4) is 0 Å². The predicted octanol–water partition coefficient (Wildman–Crippen LogP) is 3.79. The summed E-state index contributed by atoms with van der Waals surface area (Å²) in [5.74, 6) is 0.677. The molecule has 2 aromatic rings. The fourth-order valence-corrected chi connectivity index (χ4v) is 4.18. The van der Waals surface area contributed by atoms with Gasteiger partial charge in [-0.05, 0) is 25.0 Å². The number of anilines is 3. The number of nitrogens with one attached hydrogen (secondary N) is 1. The summed E-state index contributed by atoms with van der Waals surface area (Å²) in [5.41, 5.74) is 0.150. The summed E-state index contributed by atoms with van der Waals surface area (Å²) in [6, 6.07) is 3.59. The molecule has 0 unspecified atom stereocenters. The molecule has 2 aromatic heterocycles. The molecule has 2 N–H and O–H groups in total. The van der Waals surface area contributed by atoms with Gasteiger partial charge in [0, 0.05) is 19.3 Å². The Hall–Kier alpha value is -2.82. The lowest BCUT2D eigenvalue weighted by Crippen LogP contribution is -2.48. The van der Waals surface area contributed by atoms with E-state index in [0.29, 0.717) is 37.1 Å². The standard InChI is InChI=1S/C18H18ClF3N6O2/c1-2-12-13(25-16-23-6-11(15(19)26-16)18(20,21)22)3-4-14(24-12)27-7-10-5-9(27)8-28(10)17(29)30/h3-4,6,9-10H,2,5,7-8H2,1H3,(H,29,30)(H,23,25,26)/t9-,10-/m1/s1. The van der Waals surface area contributed by atoms with Gasteiger partial charge in [-0.1, -0.05) is 18.5 Å². The fourth-order valence-electron chi connectivity index (χ4n) is 3.95. The number of amides is 1.